The van der Waals surface area contributed by atoms with Crippen LogP contribution in [0.25, 0.3) is 11.4 Å². The van der Waals surface area contributed by atoms with Crippen LogP contribution in [-0.2, 0) is 0 Å². The fraction of sp³-hybridized carbons (Fsp3) is 0.250. The summed E-state index contributed by atoms with van der Waals surface area (Å²) in [6.45, 7) is 4.10. The molecule has 0 saturated carbocycles. The van der Waals surface area contributed by atoms with Crippen LogP contribution in [0.4, 0.5) is 0 Å². The largest absolute Gasteiger partial charge is 0.467 e. The number of rotatable bonds is 2. The summed E-state index contributed by atoms with van der Waals surface area (Å²) in [5.41, 5.74) is 3.30. The quantitative estimate of drug-likeness (QED) is 0.821. The SMILES string of the molecule is COc1nc(Cl)nc(-c2ccc(C)c(C)c2)n1. The summed E-state index contributed by atoms with van der Waals surface area (Å²) in [6.07, 6.45) is 0. The highest BCUT2D eigenvalue weighted by molar-refractivity contribution is 6.28. The van der Waals surface area contributed by atoms with Gasteiger partial charge in [-0.1, -0.05) is 12.1 Å². The zero-order chi connectivity index (χ0) is 12.4. The molecule has 0 aliphatic carbocycles. The van der Waals surface area contributed by atoms with Crippen LogP contribution >= 0.6 is 11.6 Å². The van der Waals surface area contributed by atoms with E-state index < -0.39 is 0 Å². The second-order valence-corrected chi connectivity index (χ2v) is 4.05. The molecule has 2 aromatic rings. The van der Waals surface area contributed by atoms with Crippen LogP contribution in [0.5, 0.6) is 6.01 Å². The van der Waals surface area contributed by atoms with Crippen molar-refractivity contribution in [3.63, 3.8) is 0 Å². The van der Waals surface area contributed by atoms with Crippen molar-refractivity contribution in [3.05, 3.63) is 34.6 Å². The molecule has 0 spiro atoms. The van der Waals surface area contributed by atoms with Crippen molar-refractivity contribution in [3.8, 4) is 17.4 Å². The molecule has 0 fully saturated rings. The van der Waals surface area contributed by atoms with Gasteiger partial charge < -0.3 is 4.74 Å². The first-order valence-corrected chi connectivity index (χ1v) is 5.51. The summed E-state index contributed by atoms with van der Waals surface area (Å²) in [5.74, 6) is 0.518. The molecule has 17 heavy (non-hydrogen) atoms. The molecule has 0 atom stereocenters. The van der Waals surface area contributed by atoms with Crippen molar-refractivity contribution < 1.29 is 4.74 Å². The van der Waals surface area contributed by atoms with Gasteiger partial charge in [0.25, 0.3) is 0 Å². The second kappa shape index (κ2) is 4.67. The fourth-order valence-electron chi connectivity index (χ4n) is 1.43. The van der Waals surface area contributed by atoms with E-state index >= 15 is 0 Å². The molecule has 4 nitrogen and oxygen atoms in total. The Bertz CT molecular complexity index is 557. The molecule has 0 amide bonds. The Kier molecular flexibility index (Phi) is 3.24. The van der Waals surface area contributed by atoms with Crippen molar-refractivity contribution in [1.82, 2.24) is 15.0 Å². The zero-order valence-corrected chi connectivity index (χ0v) is 10.6. The average Bonchev–Trinajstić information content (AvgIpc) is 2.32. The predicted octanol–water partition coefficient (Wildman–Crippen LogP) is 2.82. The van der Waals surface area contributed by atoms with Crippen LogP contribution in [0.1, 0.15) is 11.1 Å². The molecule has 5 heteroatoms. The summed E-state index contributed by atoms with van der Waals surface area (Å²) in [7, 11) is 1.50. The maximum Gasteiger partial charge on any atom is 0.321 e. The zero-order valence-electron chi connectivity index (χ0n) is 9.86. The van der Waals surface area contributed by atoms with Gasteiger partial charge in [0.2, 0.25) is 5.28 Å². The molecule has 88 valence electrons. The predicted molar refractivity (Wildman–Crippen MR) is 66.3 cm³/mol. The molecule has 1 heterocycles. The lowest BCUT2D eigenvalue weighted by Gasteiger charge is -2.05. The first-order chi connectivity index (χ1) is 8.10. The lowest BCUT2D eigenvalue weighted by Crippen LogP contribution is -1.98. The third-order valence-electron chi connectivity index (χ3n) is 2.54. The lowest BCUT2D eigenvalue weighted by atomic mass is 10.1. The number of hydrogen-bond acceptors (Lipinski definition) is 4. The first kappa shape index (κ1) is 11.8. The number of halogens is 1. The van der Waals surface area contributed by atoms with Crippen LogP contribution in [-0.4, -0.2) is 22.1 Å². The van der Waals surface area contributed by atoms with E-state index in [9.17, 15) is 0 Å². The average molecular weight is 250 g/mol. The van der Waals surface area contributed by atoms with Crippen LogP contribution < -0.4 is 4.74 Å². The Morgan fingerprint density at radius 3 is 2.47 bits per heavy atom. The van der Waals surface area contributed by atoms with Gasteiger partial charge in [0.15, 0.2) is 5.82 Å². The van der Waals surface area contributed by atoms with E-state index in [1.165, 1.54) is 18.2 Å². The molecule has 0 radical (unpaired) electrons. The van der Waals surface area contributed by atoms with Crippen LogP contribution in [0.3, 0.4) is 0 Å². The van der Waals surface area contributed by atoms with Gasteiger partial charge in [0, 0.05) is 5.56 Å². The van der Waals surface area contributed by atoms with Crippen molar-refractivity contribution >= 4 is 11.6 Å². The topological polar surface area (TPSA) is 47.9 Å². The van der Waals surface area contributed by atoms with Gasteiger partial charge in [0.1, 0.15) is 0 Å². The van der Waals surface area contributed by atoms with Gasteiger partial charge in [0.05, 0.1) is 7.11 Å². The summed E-state index contributed by atoms with van der Waals surface area (Å²) in [6, 6.07) is 6.21. The summed E-state index contributed by atoms with van der Waals surface area (Å²) in [4.78, 5) is 12.1. The number of benzene rings is 1. The normalized spacial score (nSPS) is 10.4. The lowest BCUT2D eigenvalue weighted by molar-refractivity contribution is 0.379. The Labute approximate surface area is 105 Å². The van der Waals surface area contributed by atoms with Gasteiger partial charge >= 0.3 is 6.01 Å². The van der Waals surface area contributed by atoms with Crippen LogP contribution in [0.2, 0.25) is 5.28 Å². The third kappa shape index (κ3) is 2.53. The number of nitrogens with zero attached hydrogens (tertiary/aromatic N) is 3. The van der Waals surface area contributed by atoms with E-state index in [2.05, 4.69) is 21.9 Å². The Hall–Kier alpha value is -1.68. The maximum absolute atomic E-state index is 5.81. The van der Waals surface area contributed by atoms with E-state index in [0.29, 0.717) is 5.82 Å². The minimum absolute atomic E-state index is 0.130. The summed E-state index contributed by atoms with van der Waals surface area (Å²) < 4.78 is 4.96. The molecule has 1 aromatic carbocycles. The standard InChI is InChI=1S/C12H12ClN3O/c1-7-4-5-9(6-8(7)2)10-14-11(13)16-12(15-10)17-3/h4-6H,1-3H3. The van der Waals surface area contributed by atoms with E-state index in [4.69, 9.17) is 16.3 Å². The number of aromatic nitrogens is 3. The monoisotopic (exact) mass is 249 g/mol. The number of ether oxygens (including phenoxy) is 1. The van der Waals surface area contributed by atoms with E-state index in [1.807, 2.05) is 25.1 Å². The highest BCUT2D eigenvalue weighted by Crippen LogP contribution is 2.21. The minimum atomic E-state index is 0.130. The van der Waals surface area contributed by atoms with Gasteiger partial charge in [-0.15, -0.1) is 0 Å². The first-order valence-electron chi connectivity index (χ1n) is 5.13. The summed E-state index contributed by atoms with van der Waals surface area (Å²) in [5, 5.41) is 0.130. The van der Waals surface area contributed by atoms with E-state index in [0.717, 1.165) is 5.56 Å². The smallest absolute Gasteiger partial charge is 0.321 e. The summed E-state index contributed by atoms with van der Waals surface area (Å²) >= 11 is 5.81. The van der Waals surface area contributed by atoms with Crippen molar-refractivity contribution in [2.75, 3.05) is 7.11 Å². The molecule has 0 bridgehead atoms. The number of aryl methyl sites for hydroxylation is 2. The molecule has 0 aliphatic rings. The molecular formula is C12H12ClN3O. The number of hydrogen-bond donors (Lipinski definition) is 0. The van der Waals surface area contributed by atoms with Gasteiger partial charge in [-0.3, -0.25) is 0 Å². The molecule has 0 saturated heterocycles. The Morgan fingerprint density at radius 1 is 1.06 bits per heavy atom. The second-order valence-electron chi connectivity index (χ2n) is 3.71. The highest BCUT2D eigenvalue weighted by atomic mass is 35.5. The Morgan fingerprint density at radius 2 is 1.82 bits per heavy atom. The molecule has 0 aliphatic heterocycles. The minimum Gasteiger partial charge on any atom is -0.467 e. The molecule has 1 aromatic heterocycles. The van der Waals surface area contributed by atoms with E-state index in [1.54, 1.807) is 0 Å². The van der Waals surface area contributed by atoms with E-state index in [-0.39, 0.29) is 11.3 Å². The van der Waals surface area contributed by atoms with Crippen molar-refractivity contribution in [1.29, 1.82) is 0 Å². The molecule has 0 unspecified atom stereocenters. The fourth-order valence-corrected chi connectivity index (χ4v) is 1.59. The third-order valence-corrected chi connectivity index (χ3v) is 2.70. The van der Waals surface area contributed by atoms with Crippen molar-refractivity contribution in [2.45, 2.75) is 13.8 Å². The highest BCUT2D eigenvalue weighted by Gasteiger charge is 2.08. The molecular weight excluding hydrogens is 238 g/mol. The van der Waals surface area contributed by atoms with Crippen LogP contribution in [0.15, 0.2) is 18.2 Å². The van der Waals surface area contributed by atoms with Crippen molar-refractivity contribution in [2.24, 2.45) is 0 Å². The Balaban J connectivity index is 2.52. The maximum atomic E-state index is 5.81. The van der Waals surface area contributed by atoms with Gasteiger partial charge in [-0.05, 0) is 42.6 Å². The molecule has 0 N–H and O–H groups in total. The van der Waals surface area contributed by atoms with Gasteiger partial charge in [-0.2, -0.15) is 15.0 Å². The molecule has 2 rings (SSSR count). The van der Waals surface area contributed by atoms with Gasteiger partial charge in [-0.25, -0.2) is 0 Å². The number of methoxy groups -OCH3 is 1. The van der Waals surface area contributed by atoms with Crippen LogP contribution in [0, 0.1) is 13.8 Å².